The monoisotopic (exact) mass is 412 g/mol. The van der Waals surface area contributed by atoms with Gasteiger partial charge >= 0.3 is 0 Å². The average molecular weight is 413 g/mol. The zero-order chi connectivity index (χ0) is 17.5. The van der Waals surface area contributed by atoms with E-state index in [2.05, 4.69) is 22.2 Å². The summed E-state index contributed by atoms with van der Waals surface area (Å²) in [5.74, 6) is 1.73. The molecule has 148 valence electrons. The topological polar surface area (TPSA) is 67.4 Å². The summed E-state index contributed by atoms with van der Waals surface area (Å²) in [5, 5.41) is 3.39. The van der Waals surface area contributed by atoms with Crippen molar-refractivity contribution in [1.29, 1.82) is 0 Å². The molecule has 1 aromatic carbocycles. The molecule has 3 rings (SSSR count). The molecule has 1 amide bonds. The summed E-state index contributed by atoms with van der Waals surface area (Å²) in [5.41, 5.74) is 0.645. The van der Waals surface area contributed by atoms with Crippen LogP contribution in [-0.4, -0.2) is 47.0 Å². The first-order valence-electron chi connectivity index (χ1n) is 8.80. The van der Waals surface area contributed by atoms with Crippen LogP contribution in [0.4, 0.5) is 0 Å². The minimum absolute atomic E-state index is 0. The molecule has 2 aromatic rings. The van der Waals surface area contributed by atoms with Crippen molar-refractivity contribution >= 4 is 30.7 Å². The van der Waals surface area contributed by atoms with E-state index in [-0.39, 0.29) is 30.7 Å². The molecule has 0 unspecified atom stereocenters. The number of hydrogen-bond acceptors (Lipinski definition) is 5. The summed E-state index contributed by atoms with van der Waals surface area (Å²) >= 11 is 0. The molecule has 1 aliphatic rings. The van der Waals surface area contributed by atoms with Crippen molar-refractivity contribution in [1.82, 2.24) is 20.2 Å². The number of hydrogen-bond donors (Lipinski definition) is 1. The van der Waals surface area contributed by atoms with E-state index < -0.39 is 0 Å². The number of rotatable bonds is 6. The maximum Gasteiger partial charge on any atom is 0.253 e. The summed E-state index contributed by atoms with van der Waals surface area (Å²) in [4.78, 5) is 22.7. The normalized spacial score (nSPS) is 14.0. The van der Waals surface area contributed by atoms with Gasteiger partial charge in [-0.15, -0.1) is 24.8 Å². The van der Waals surface area contributed by atoms with Gasteiger partial charge in [0.2, 0.25) is 5.88 Å². The first-order chi connectivity index (χ1) is 12.3. The van der Waals surface area contributed by atoms with E-state index in [1.807, 2.05) is 23.1 Å². The molecule has 0 aliphatic carbocycles. The molecule has 2 heterocycles. The zero-order valence-electron chi connectivity index (χ0n) is 15.3. The van der Waals surface area contributed by atoms with E-state index >= 15 is 0 Å². The number of halogens is 2. The highest BCUT2D eigenvalue weighted by molar-refractivity contribution is 5.94. The SMILES string of the molecule is CCNCC1CCN(C(=O)c2cccc(Oc3cnccn3)c2)CC1.Cl.Cl. The number of nitrogens with one attached hydrogen (secondary N) is 1. The molecule has 0 bridgehead atoms. The number of nitrogens with zero attached hydrogens (tertiary/aromatic N) is 3. The lowest BCUT2D eigenvalue weighted by atomic mass is 9.96. The van der Waals surface area contributed by atoms with Gasteiger partial charge in [0.25, 0.3) is 5.91 Å². The van der Waals surface area contributed by atoms with E-state index in [1.54, 1.807) is 24.7 Å². The number of carbonyl (C=O) groups is 1. The Morgan fingerprint density at radius 1 is 1.26 bits per heavy atom. The van der Waals surface area contributed by atoms with Crippen LogP contribution in [0.3, 0.4) is 0 Å². The standard InChI is InChI=1S/C19H24N4O2.2ClH/c1-2-20-13-15-6-10-23(11-7-15)19(24)16-4-3-5-17(12-16)25-18-14-21-8-9-22-18;;/h3-5,8-9,12,14-15,20H,2,6-7,10-11,13H2,1H3;2*1H. The predicted octanol–water partition coefficient (Wildman–Crippen LogP) is 3.57. The van der Waals surface area contributed by atoms with Gasteiger partial charge in [0.15, 0.2) is 0 Å². The molecule has 0 spiro atoms. The van der Waals surface area contributed by atoms with Crippen LogP contribution in [0.25, 0.3) is 0 Å². The summed E-state index contributed by atoms with van der Waals surface area (Å²) < 4.78 is 5.67. The third-order valence-electron chi connectivity index (χ3n) is 4.43. The van der Waals surface area contributed by atoms with Crippen LogP contribution in [-0.2, 0) is 0 Å². The van der Waals surface area contributed by atoms with Gasteiger partial charge in [-0.3, -0.25) is 9.78 Å². The Balaban J connectivity index is 0.00000182. The van der Waals surface area contributed by atoms with Gasteiger partial charge in [-0.25, -0.2) is 4.98 Å². The number of likely N-dealkylation sites (tertiary alicyclic amines) is 1. The molecule has 1 aliphatic heterocycles. The highest BCUT2D eigenvalue weighted by Crippen LogP contribution is 2.22. The number of benzene rings is 1. The minimum atomic E-state index is 0. The fraction of sp³-hybridized carbons (Fsp3) is 0.421. The van der Waals surface area contributed by atoms with Gasteiger partial charge in [0.05, 0.1) is 6.20 Å². The molecule has 1 N–H and O–H groups in total. The minimum Gasteiger partial charge on any atom is -0.437 e. The van der Waals surface area contributed by atoms with Crippen LogP contribution in [0.15, 0.2) is 42.9 Å². The summed E-state index contributed by atoms with van der Waals surface area (Å²) in [7, 11) is 0. The van der Waals surface area contributed by atoms with E-state index in [0.29, 0.717) is 23.1 Å². The number of amides is 1. The van der Waals surface area contributed by atoms with Gasteiger partial charge < -0.3 is 15.0 Å². The van der Waals surface area contributed by atoms with Crippen LogP contribution in [0.2, 0.25) is 0 Å². The van der Waals surface area contributed by atoms with Crippen LogP contribution in [0.1, 0.15) is 30.1 Å². The largest absolute Gasteiger partial charge is 0.437 e. The fourth-order valence-electron chi connectivity index (χ4n) is 3.02. The second-order valence-corrected chi connectivity index (χ2v) is 6.22. The molecule has 6 nitrogen and oxygen atoms in total. The maximum atomic E-state index is 12.8. The average Bonchev–Trinajstić information content (AvgIpc) is 2.67. The van der Waals surface area contributed by atoms with E-state index in [0.717, 1.165) is 39.0 Å². The molecular weight excluding hydrogens is 387 g/mol. The molecule has 27 heavy (non-hydrogen) atoms. The first kappa shape index (κ1) is 23.1. The van der Waals surface area contributed by atoms with Gasteiger partial charge in [-0.1, -0.05) is 13.0 Å². The molecule has 0 saturated carbocycles. The van der Waals surface area contributed by atoms with Crippen LogP contribution < -0.4 is 10.1 Å². The smallest absolute Gasteiger partial charge is 0.253 e. The lowest BCUT2D eigenvalue weighted by molar-refractivity contribution is 0.0690. The molecule has 1 fully saturated rings. The van der Waals surface area contributed by atoms with Crippen molar-refractivity contribution in [2.45, 2.75) is 19.8 Å². The Morgan fingerprint density at radius 2 is 2.04 bits per heavy atom. The van der Waals surface area contributed by atoms with E-state index in [9.17, 15) is 4.79 Å². The lowest BCUT2D eigenvalue weighted by Gasteiger charge is -2.32. The third kappa shape index (κ3) is 6.65. The summed E-state index contributed by atoms with van der Waals surface area (Å²) in [6.07, 6.45) is 6.81. The number of piperidine rings is 1. The van der Waals surface area contributed by atoms with Gasteiger partial charge in [-0.2, -0.15) is 0 Å². The predicted molar refractivity (Wildman–Crippen MR) is 110 cm³/mol. The van der Waals surface area contributed by atoms with Gasteiger partial charge in [0.1, 0.15) is 5.75 Å². The number of carbonyl (C=O) groups excluding carboxylic acids is 1. The van der Waals surface area contributed by atoms with Gasteiger partial charge in [0, 0.05) is 31.0 Å². The third-order valence-corrected chi connectivity index (χ3v) is 4.43. The Labute approximate surface area is 172 Å². The van der Waals surface area contributed by atoms with Crippen LogP contribution >= 0.6 is 24.8 Å². The molecule has 0 radical (unpaired) electrons. The fourth-order valence-corrected chi connectivity index (χ4v) is 3.02. The van der Waals surface area contributed by atoms with Crippen LogP contribution in [0, 0.1) is 5.92 Å². The molecule has 0 atom stereocenters. The number of aromatic nitrogens is 2. The molecule has 8 heteroatoms. The molecule has 1 saturated heterocycles. The lowest BCUT2D eigenvalue weighted by Crippen LogP contribution is -2.40. The second-order valence-electron chi connectivity index (χ2n) is 6.22. The van der Waals surface area contributed by atoms with Crippen molar-refractivity contribution in [3.63, 3.8) is 0 Å². The van der Waals surface area contributed by atoms with Crippen molar-refractivity contribution in [2.75, 3.05) is 26.2 Å². The van der Waals surface area contributed by atoms with Gasteiger partial charge in [-0.05, 0) is 50.0 Å². The Bertz CT molecular complexity index is 695. The maximum absolute atomic E-state index is 12.8. The Morgan fingerprint density at radius 3 is 2.70 bits per heavy atom. The summed E-state index contributed by atoms with van der Waals surface area (Å²) in [6.45, 7) is 5.78. The Hall–Kier alpha value is -1.89. The first-order valence-corrected chi connectivity index (χ1v) is 8.80. The molecule has 1 aromatic heterocycles. The second kappa shape index (κ2) is 11.7. The van der Waals surface area contributed by atoms with Crippen molar-refractivity contribution in [3.05, 3.63) is 48.4 Å². The van der Waals surface area contributed by atoms with Crippen molar-refractivity contribution in [3.8, 4) is 11.6 Å². The van der Waals surface area contributed by atoms with Crippen molar-refractivity contribution < 1.29 is 9.53 Å². The van der Waals surface area contributed by atoms with E-state index in [4.69, 9.17) is 4.74 Å². The zero-order valence-corrected chi connectivity index (χ0v) is 17.0. The van der Waals surface area contributed by atoms with E-state index in [1.165, 1.54) is 0 Å². The summed E-state index contributed by atoms with van der Waals surface area (Å²) in [6, 6.07) is 7.24. The molecular formula is C19H26Cl2N4O2. The van der Waals surface area contributed by atoms with Crippen LogP contribution in [0.5, 0.6) is 11.6 Å². The quantitative estimate of drug-likeness (QED) is 0.784. The van der Waals surface area contributed by atoms with Crippen molar-refractivity contribution in [2.24, 2.45) is 5.92 Å². The highest BCUT2D eigenvalue weighted by Gasteiger charge is 2.23. The Kier molecular flexibility index (Phi) is 10.1. The highest BCUT2D eigenvalue weighted by atomic mass is 35.5. The number of ether oxygens (including phenoxy) is 1.